The third-order valence-electron chi connectivity index (χ3n) is 2.71. The fourth-order valence-electron chi connectivity index (χ4n) is 1.80. The summed E-state index contributed by atoms with van der Waals surface area (Å²) in [7, 11) is 0. The molecule has 1 saturated heterocycles. The fourth-order valence-corrected chi connectivity index (χ4v) is 1.80. The molecule has 1 amide bonds. The molecule has 0 saturated carbocycles. The summed E-state index contributed by atoms with van der Waals surface area (Å²) >= 11 is 0. The average molecular weight is 230 g/mol. The Morgan fingerprint density at radius 1 is 1.44 bits per heavy atom. The van der Waals surface area contributed by atoms with Crippen molar-refractivity contribution in [1.29, 1.82) is 0 Å². The standard InChI is InChI=1S/C11H22N2O3/c1-4-15-10(16-5-2)8-13-7-6-12-11(14)9(13)3/h9-10H,4-8H2,1-3H3,(H,12,14). The van der Waals surface area contributed by atoms with Crippen molar-refractivity contribution in [2.45, 2.75) is 33.1 Å². The Morgan fingerprint density at radius 2 is 2.06 bits per heavy atom. The highest BCUT2D eigenvalue weighted by Crippen LogP contribution is 2.07. The minimum absolute atomic E-state index is 0.0815. The van der Waals surface area contributed by atoms with Crippen LogP contribution in [-0.4, -0.2) is 56.0 Å². The third kappa shape index (κ3) is 3.73. The van der Waals surface area contributed by atoms with E-state index in [4.69, 9.17) is 9.47 Å². The summed E-state index contributed by atoms with van der Waals surface area (Å²) in [5.41, 5.74) is 0. The van der Waals surface area contributed by atoms with Crippen molar-refractivity contribution in [2.75, 3.05) is 32.8 Å². The number of amides is 1. The molecule has 1 unspecified atom stereocenters. The van der Waals surface area contributed by atoms with E-state index in [1.807, 2.05) is 20.8 Å². The summed E-state index contributed by atoms with van der Waals surface area (Å²) in [5, 5.41) is 2.84. The highest BCUT2D eigenvalue weighted by molar-refractivity contribution is 5.81. The molecule has 1 heterocycles. The molecule has 16 heavy (non-hydrogen) atoms. The number of hydrogen-bond donors (Lipinski definition) is 1. The molecule has 0 bridgehead atoms. The molecule has 1 aliphatic heterocycles. The SMILES string of the molecule is CCOC(CN1CCNC(=O)C1C)OCC. The highest BCUT2D eigenvalue weighted by Gasteiger charge is 2.27. The molecule has 0 radical (unpaired) electrons. The average Bonchev–Trinajstić information content (AvgIpc) is 2.25. The van der Waals surface area contributed by atoms with Gasteiger partial charge in [0.1, 0.15) is 0 Å². The van der Waals surface area contributed by atoms with Crippen LogP contribution in [0.3, 0.4) is 0 Å². The largest absolute Gasteiger partial charge is 0.353 e. The van der Waals surface area contributed by atoms with Gasteiger partial charge in [-0.3, -0.25) is 9.69 Å². The molecule has 0 spiro atoms. The van der Waals surface area contributed by atoms with Gasteiger partial charge in [0.05, 0.1) is 12.6 Å². The van der Waals surface area contributed by atoms with Gasteiger partial charge in [-0.25, -0.2) is 0 Å². The number of ether oxygens (including phenoxy) is 2. The maximum atomic E-state index is 11.5. The lowest BCUT2D eigenvalue weighted by atomic mass is 10.2. The molecule has 1 N–H and O–H groups in total. The number of nitrogens with zero attached hydrogens (tertiary/aromatic N) is 1. The van der Waals surface area contributed by atoms with Gasteiger partial charge in [0.2, 0.25) is 5.91 Å². The zero-order chi connectivity index (χ0) is 12.0. The number of carbonyl (C=O) groups is 1. The van der Waals surface area contributed by atoms with E-state index in [2.05, 4.69) is 10.2 Å². The highest BCUT2D eigenvalue weighted by atomic mass is 16.7. The van der Waals surface area contributed by atoms with E-state index < -0.39 is 0 Å². The summed E-state index contributed by atoms with van der Waals surface area (Å²) in [6.07, 6.45) is -0.233. The van der Waals surface area contributed by atoms with Crippen molar-refractivity contribution >= 4 is 5.91 Å². The third-order valence-corrected chi connectivity index (χ3v) is 2.71. The minimum atomic E-state index is -0.233. The van der Waals surface area contributed by atoms with E-state index in [0.717, 1.165) is 6.54 Å². The van der Waals surface area contributed by atoms with Gasteiger partial charge in [0, 0.05) is 26.3 Å². The second kappa shape index (κ2) is 6.83. The first-order valence-corrected chi connectivity index (χ1v) is 5.94. The van der Waals surface area contributed by atoms with Crippen LogP contribution in [0.5, 0.6) is 0 Å². The van der Waals surface area contributed by atoms with Crippen LogP contribution in [-0.2, 0) is 14.3 Å². The molecule has 94 valence electrons. The lowest BCUT2D eigenvalue weighted by molar-refractivity contribution is -0.155. The molecule has 1 rings (SSSR count). The maximum Gasteiger partial charge on any atom is 0.237 e. The van der Waals surface area contributed by atoms with E-state index in [9.17, 15) is 4.79 Å². The Labute approximate surface area is 97.1 Å². The van der Waals surface area contributed by atoms with Crippen molar-refractivity contribution in [3.8, 4) is 0 Å². The Morgan fingerprint density at radius 3 is 2.62 bits per heavy atom. The summed E-state index contributed by atoms with van der Waals surface area (Å²) < 4.78 is 10.9. The smallest absolute Gasteiger partial charge is 0.237 e. The van der Waals surface area contributed by atoms with E-state index in [1.54, 1.807) is 0 Å². The molecule has 0 aromatic carbocycles. The van der Waals surface area contributed by atoms with Crippen LogP contribution in [0.1, 0.15) is 20.8 Å². The predicted molar refractivity (Wildman–Crippen MR) is 61.1 cm³/mol. The van der Waals surface area contributed by atoms with E-state index in [-0.39, 0.29) is 18.2 Å². The first-order valence-electron chi connectivity index (χ1n) is 5.94. The van der Waals surface area contributed by atoms with Crippen molar-refractivity contribution in [3.05, 3.63) is 0 Å². The van der Waals surface area contributed by atoms with Gasteiger partial charge < -0.3 is 14.8 Å². The first kappa shape index (κ1) is 13.4. The van der Waals surface area contributed by atoms with Crippen LogP contribution in [0, 0.1) is 0 Å². The summed E-state index contributed by atoms with van der Waals surface area (Å²) in [6.45, 7) is 9.24. The maximum absolute atomic E-state index is 11.5. The second-order valence-electron chi connectivity index (χ2n) is 3.80. The van der Waals surface area contributed by atoms with Crippen LogP contribution in [0.2, 0.25) is 0 Å². The van der Waals surface area contributed by atoms with Gasteiger partial charge in [-0.15, -0.1) is 0 Å². The molecular formula is C11H22N2O3. The number of rotatable bonds is 6. The zero-order valence-corrected chi connectivity index (χ0v) is 10.4. The Hall–Kier alpha value is -0.650. The summed E-state index contributed by atoms with van der Waals surface area (Å²) in [4.78, 5) is 13.6. The van der Waals surface area contributed by atoms with Gasteiger partial charge in [0.25, 0.3) is 0 Å². The van der Waals surface area contributed by atoms with Crippen LogP contribution < -0.4 is 5.32 Å². The molecule has 0 aromatic rings. The van der Waals surface area contributed by atoms with E-state index >= 15 is 0 Å². The molecule has 0 aromatic heterocycles. The topological polar surface area (TPSA) is 50.8 Å². The van der Waals surface area contributed by atoms with Crippen molar-refractivity contribution in [1.82, 2.24) is 10.2 Å². The number of carbonyl (C=O) groups excluding carboxylic acids is 1. The Balaban J connectivity index is 2.45. The molecule has 5 nitrogen and oxygen atoms in total. The summed E-state index contributed by atoms with van der Waals surface area (Å²) in [5.74, 6) is 0.0815. The monoisotopic (exact) mass is 230 g/mol. The lowest BCUT2D eigenvalue weighted by Gasteiger charge is -2.34. The van der Waals surface area contributed by atoms with Gasteiger partial charge in [0.15, 0.2) is 6.29 Å². The van der Waals surface area contributed by atoms with Gasteiger partial charge in [-0.05, 0) is 20.8 Å². The second-order valence-corrected chi connectivity index (χ2v) is 3.80. The predicted octanol–water partition coefficient (Wildman–Crippen LogP) is 0.206. The molecule has 1 aliphatic rings. The van der Waals surface area contributed by atoms with Crippen LogP contribution >= 0.6 is 0 Å². The van der Waals surface area contributed by atoms with Crippen molar-refractivity contribution in [3.63, 3.8) is 0 Å². The molecule has 1 fully saturated rings. The fraction of sp³-hybridized carbons (Fsp3) is 0.909. The normalized spacial score (nSPS) is 22.5. The molecule has 5 heteroatoms. The van der Waals surface area contributed by atoms with Crippen LogP contribution in [0.4, 0.5) is 0 Å². The quantitative estimate of drug-likeness (QED) is 0.663. The Kier molecular flexibility index (Phi) is 5.73. The van der Waals surface area contributed by atoms with E-state index in [0.29, 0.717) is 26.3 Å². The number of piperazine rings is 1. The first-order chi connectivity index (χ1) is 7.69. The number of hydrogen-bond acceptors (Lipinski definition) is 4. The van der Waals surface area contributed by atoms with Crippen molar-refractivity contribution < 1.29 is 14.3 Å². The van der Waals surface area contributed by atoms with Gasteiger partial charge >= 0.3 is 0 Å². The molecular weight excluding hydrogens is 208 g/mol. The van der Waals surface area contributed by atoms with Gasteiger partial charge in [-0.2, -0.15) is 0 Å². The van der Waals surface area contributed by atoms with Gasteiger partial charge in [-0.1, -0.05) is 0 Å². The van der Waals surface area contributed by atoms with Crippen LogP contribution in [0.25, 0.3) is 0 Å². The number of nitrogens with one attached hydrogen (secondary N) is 1. The van der Waals surface area contributed by atoms with Crippen LogP contribution in [0.15, 0.2) is 0 Å². The molecule has 1 atom stereocenters. The Bertz CT molecular complexity index is 217. The van der Waals surface area contributed by atoms with E-state index in [1.165, 1.54) is 0 Å². The minimum Gasteiger partial charge on any atom is -0.353 e. The van der Waals surface area contributed by atoms with Crippen molar-refractivity contribution in [2.24, 2.45) is 0 Å². The lowest BCUT2D eigenvalue weighted by Crippen LogP contribution is -2.55. The summed E-state index contributed by atoms with van der Waals surface area (Å²) in [6, 6.07) is -0.0998. The molecule has 0 aliphatic carbocycles. The zero-order valence-electron chi connectivity index (χ0n) is 10.4.